The summed E-state index contributed by atoms with van der Waals surface area (Å²) in [4.78, 5) is 0. The van der Waals surface area contributed by atoms with Crippen LogP contribution in [0.2, 0.25) is 5.02 Å². The van der Waals surface area contributed by atoms with Gasteiger partial charge in [0, 0.05) is 6.04 Å². The molecule has 2 aromatic rings. The summed E-state index contributed by atoms with van der Waals surface area (Å²) in [6, 6.07) is 13.3. The van der Waals surface area contributed by atoms with E-state index >= 15 is 0 Å². The van der Waals surface area contributed by atoms with Crippen molar-refractivity contribution in [2.24, 2.45) is 0 Å². The lowest BCUT2D eigenvalue weighted by molar-refractivity contribution is 0.625. The van der Waals surface area contributed by atoms with Crippen molar-refractivity contribution in [1.82, 2.24) is 0 Å². The van der Waals surface area contributed by atoms with Crippen molar-refractivity contribution >= 4 is 17.3 Å². The highest BCUT2D eigenvalue weighted by Crippen LogP contribution is 2.29. The molecule has 1 N–H and O–H groups in total. The molecule has 92 valence electrons. The molecule has 1 nitrogen and oxygen atoms in total. The Bertz CT molecular complexity index is 537. The number of hydrogen-bond acceptors (Lipinski definition) is 1. The van der Waals surface area contributed by atoms with E-state index in [1.54, 1.807) is 12.1 Å². The quantitative estimate of drug-likeness (QED) is 0.860. The minimum Gasteiger partial charge on any atom is -0.378 e. The van der Waals surface area contributed by atoms with Gasteiger partial charge in [0.25, 0.3) is 0 Å². The second-order valence-electron chi connectivity index (χ2n) is 4.61. The molecule has 2 aromatic carbocycles. The minimum absolute atomic E-state index is 0.219. The summed E-state index contributed by atoms with van der Waals surface area (Å²) in [5.74, 6) is -0.293. The van der Waals surface area contributed by atoms with Crippen molar-refractivity contribution in [3.05, 3.63) is 64.4 Å². The van der Waals surface area contributed by atoms with Crippen molar-refractivity contribution < 1.29 is 4.39 Å². The molecule has 0 heterocycles. The highest BCUT2D eigenvalue weighted by atomic mass is 35.5. The topological polar surface area (TPSA) is 12.0 Å². The molecule has 0 aliphatic heterocycles. The van der Waals surface area contributed by atoms with E-state index in [2.05, 4.69) is 17.4 Å². The highest BCUT2D eigenvalue weighted by Gasteiger charge is 2.22. The van der Waals surface area contributed by atoms with Crippen molar-refractivity contribution in [3.8, 4) is 0 Å². The van der Waals surface area contributed by atoms with E-state index in [1.807, 2.05) is 12.1 Å². The summed E-state index contributed by atoms with van der Waals surface area (Å²) in [6.07, 6.45) is 1.83. The zero-order chi connectivity index (χ0) is 12.5. The first-order valence-corrected chi connectivity index (χ1v) is 6.39. The maximum Gasteiger partial charge on any atom is 0.147 e. The SMILES string of the molecule is Fc1cccc(Cl)c1NC1Cc2ccccc2C1. The predicted molar refractivity (Wildman–Crippen MR) is 72.7 cm³/mol. The molecule has 0 unspecified atom stereocenters. The van der Waals surface area contributed by atoms with Gasteiger partial charge in [-0.3, -0.25) is 0 Å². The van der Waals surface area contributed by atoms with Crippen molar-refractivity contribution in [2.75, 3.05) is 5.32 Å². The summed E-state index contributed by atoms with van der Waals surface area (Å²) in [7, 11) is 0. The summed E-state index contributed by atoms with van der Waals surface area (Å²) >= 11 is 6.02. The van der Waals surface area contributed by atoms with Crippen molar-refractivity contribution in [2.45, 2.75) is 18.9 Å². The van der Waals surface area contributed by atoms with E-state index in [0.717, 1.165) is 12.8 Å². The van der Waals surface area contributed by atoms with E-state index < -0.39 is 0 Å². The zero-order valence-corrected chi connectivity index (χ0v) is 10.5. The number of rotatable bonds is 2. The average molecular weight is 262 g/mol. The monoisotopic (exact) mass is 261 g/mol. The standard InChI is InChI=1S/C15H13ClFN/c16-13-6-3-7-14(17)15(13)18-12-8-10-4-1-2-5-11(10)9-12/h1-7,12,18H,8-9H2. The number of benzene rings is 2. The molecule has 0 saturated heterocycles. The van der Waals surface area contributed by atoms with Gasteiger partial charge in [0.2, 0.25) is 0 Å². The fourth-order valence-corrected chi connectivity index (χ4v) is 2.72. The van der Waals surface area contributed by atoms with E-state index in [1.165, 1.54) is 17.2 Å². The number of fused-ring (bicyclic) bond motifs is 1. The Hall–Kier alpha value is -1.54. The molecule has 0 spiro atoms. The van der Waals surface area contributed by atoms with Crippen LogP contribution in [-0.2, 0) is 12.8 Å². The number of anilines is 1. The first kappa shape index (κ1) is 11.5. The lowest BCUT2D eigenvalue weighted by Gasteiger charge is -2.15. The minimum atomic E-state index is -0.293. The maximum atomic E-state index is 13.7. The first-order valence-electron chi connectivity index (χ1n) is 6.01. The molecule has 0 saturated carbocycles. The number of hydrogen-bond donors (Lipinski definition) is 1. The van der Waals surface area contributed by atoms with Crippen LogP contribution in [0.25, 0.3) is 0 Å². The van der Waals surface area contributed by atoms with Crippen LogP contribution in [0.5, 0.6) is 0 Å². The summed E-state index contributed by atoms with van der Waals surface area (Å²) in [5.41, 5.74) is 3.09. The van der Waals surface area contributed by atoms with Gasteiger partial charge in [0.05, 0.1) is 10.7 Å². The third-order valence-electron chi connectivity index (χ3n) is 3.36. The van der Waals surface area contributed by atoms with Crippen LogP contribution >= 0.6 is 11.6 Å². The molecule has 18 heavy (non-hydrogen) atoms. The van der Waals surface area contributed by atoms with Crippen LogP contribution in [0.15, 0.2) is 42.5 Å². The summed E-state index contributed by atoms with van der Waals surface area (Å²) in [6.45, 7) is 0. The van der Waals surface area contributed by atoms with Crippen molar-refractivity contribution in [3.63, 3.8) is 0 Å². The molecule has 3 rings (SSSR count). The zero-order valence-electron chi connectivity index (χ0n) is 9.79. The molecule has 0 fully saturated rings. The second kappa shape index (κ2) is 4.62. The molecule has 0 radical (unpaired) electrons. The van der Waals surface area contributed by atoms with Crippen LogP contribution in [0.4, 0.5) is 10.1 Å². The van der Waals surface area contributed by atoms with Gasteiger partial charge in [-0.05, 0) is 36.1 Å². The smallest absolute Gasteiger partial charge is 0.147 e. The summed E-state index contributed by atoms with van der Waals surface area (Å²) < 4.78 is 13.7. The second-order valence-corrected chi connectivity index (χ2v) is 5.02. The number of halogens is 2. The largest absolute Gasteiger partial charge is 0.378 e. The molecule has 0 atom stereocenters. The van der Waals surface area contributed by atoms with Gasteiger partial charge in [0.15, 0.2) is 0 Å². The lowest BCUT2D eigenvalue weighted by atomic mass is 10.1. The molecular weight excluding hydrogens is 249 g/mol. The maximum absolute atomic E-state index is 13.7. The average Bonchev–Trinajstić information content (AvgIpc) is 2.76. The van der Waals surface area contributed by atoms with Gasteiger partial charge in [-0.15, -0.1) is 0 Å². The van der Waals surface area contributed by atoms with Crippen LogP contribution in [-0.4, -0.2) is 6.04 Å². The van der Waals surface area contributed by atoms with Gasteiger partial charge >= 0.3 is 0 Å². The first-order chi connectivity index (χ1) is 8.74. The molecule has 0 amide bonds. The van der Waals surface area contributed by atoms with Crippen LogP contribution in [0.3, 0.4) is 0 Å². The third-order valence-corrected chi connectivity index (χ3v) is 3.68. The van der Waals surface area contributed by atoms with Crippen LogP contribution in [0.1, 0.15) is 11.1 Å². The Balaban J connectivity index is 1.80. The van der Waals surface area contributed by atoms with Gasteiger partial charge in [-0.25, -0.2) is 4.39 Å². The normalized spacial score (nSPS) is 14.6. The number of nitrogens with one attached hydrogen (secondary N) is 1. The Morgan fingerprint density at radius 2 is 1.67 bits per heavy atom. The van der Waals surface area contributed by atoms with E-state index in [4.69, 9.17) is 11.6 Å². The van der Waals surface area contributed by atoms with E-state index in [9.17, 15) is 4.39 Å². The Morgan fingerprint density at radius 1 is 1.00 bits per heavy atom. The van der Waals surface area contributed by atoms with Gasteiger partial charge < -0.3 is 5.32 Å². The fraction of sp³-hybridized carbons (Fsp3) is 0.200. The molecule has 1 aliphatic carbocycles. The predicted octanol–water partition coefficient (Wildman–Crippen LogP) is 4.06. The third kappa shape index (κ3) is 2.08. The van der Waals surface area contributed by atoms with Gasteiger partial charge in [-0.2, -0.15) is 0 Å². The Morgan fingerprint density at radius 3 is 2.28 bits per heavy atom. The Kier molecular flexibility index (Phi) is 2.96. The molecule has 1 aliphatic rings. The number of para-hydroxylation sites is 1. The van der Waals surface area contributed by atoms with Crippen LogP contribution in [0, 0.1) is 5.82 Å². The molecular formula is C15H13ClFN. The molecule has 0 bridgehead atoms. The van der Waals surface area contributed by atoms with Crippen LogP contribution < -0.4 is 5.32 Å². The van der Waals surface area contributed by atoms with Crippen molar-refractivity contribution in [1.29, 1.82) is 0 Å². The lowest BCUT2D eigenvalue weighted by Crippen LogP contribution is -2.20. The van der Waals surface area contributed by atoms with E-state index in [0.29, 0.717) is 10.7 Å². The van der Waals surface area contributed by atoms with Gasteiger partial charge in [-0.1, -0.05) is 41.9 Å². The van der Waals surface area contributed by atoms with Gasteiger partial charge in [0.1, 0.15) is 5.82 Å². The Labute approximate surface area is 111 Å². The highest BCUT2D eigenvalue weighted by molar-refractivity contribution is 6.33. The summed E-state index contributed by atoms with van der Waals surface area (Å²) in [5, 5.41) is 3.65. The fourth-order valence-electron chi connectivity index (χ4n) is 2.50. The van der Waals surface area contributed by atoms with E-state index in [-0.39, 0.29) is 11.9 Å². The molecule has 3 heteroatoms. The molecule has 0 aromatic heterocycles.